The summed E-state index contributed by atoms with van der Waals surface area (Å²) in [6.07, 6.45) is 1.59. The van der Waals surface area contributed by atoms with Gasteiger partial charge in [0.25, 0.3) is 11.8 Å². The Morgan fingerprint density at radius 3 is 2.41 bits per heavy atom. The van der Waals surface area contributed by atoms with Crippen LogP contribution in [0.15, 0.2) is 94.5 Å². The molecule has 0 saturated heterocycles. The molecule has 1 aliphatic heterocycles. The van der Waals surface area contributed by atoms with Gasteiger partial charge < -0.3 is 4.90 Å². The van der Waals surface area contributed by atoms with Crippen molar-refractivity contribution in [1.29, 1.82) is 0 Å². The molecular formula is C26H18BrN3O2. The van der Waals surface area contributed by atoms with E-state index in [-0.39, 0.29) is 11.8 Å². The van der Waals surface area contributed by atoms with Gasteiger partial charge in [0.15, 0.2) is 0 Å². The van der Waals surface area contributed by atoms with Crippen molar-refractivity contribution in [3.8, 4) is 0 Å². The summed E-state index contributed by atoms with van der Waals surface area (Å²) < 4.78 is 0.981. The molecule has 0 fully saturated rings. The summed E-state index contributed by atoms with van der Waals surface area (Å²) in [5, 5.41) is 6.08. The van der Waals surface area contributed by atoms with Gasteiger partial charge in [0.1, 0.15) is 0 Å². The minimum Gasteiger partial charge on any atom is -0.303 e. The average molecular weight is 484 g/mol. The molecular weight excluding hydrogens is 466 g/mol. The Morgan fingerprint density at radius 1 is 0.938 bits per heavy atom. The van der Waals surface area contributed by atoms with E-state index in [1.54, 1.807) is 23.2 Å². The van der Waals surface area contributed by atoms with Gasteiger partial charge in [0.05, 0.1) is 18.4 Å². The van der Waals surface area contributed by atoms with Crippen LogP contribution in [0.3, 0.4) is 0 Å². The maximum absolute atomic E-state index is 13.0. The average Bonchev–Trinajstić information content (AvgIpc) is 3.09. The van der Waals surface area contributed by atoms with E-state index in [1.807, 2.05) is 72.8 Å². The fourth-order valence-electron chi connectivity index (χ4n) is 3.86. The monoisotopic (exact) mass is 483 g/mol. The molecule has 156 valence electrons. The van der Waals surface area contributed by atoms with Crippen LogP contribution in [-0.2, 0) is 6.54 Å². The SMILES string of the molecule is O=C(NN=Cc1ccc(Br)cc1)c1ccc(CN2C(=O)c3cccc4cccc2c34)cc1. The Balaban J connectivity index is 1.27. The number of hydrogen-bond acceptors (Lipinski definition) is 3. The number of rotatable bonds is 5. The summed E-state index contributed by atoms with van der Waals surface area (Å²) in [7, 11) is 0. The standard InChI is InChI=1S/C26H18BrN3O2/c27-21-13-9-17(10-14-21)15-28-29-25(31)20-11-7-18(8-12-20)16-30-23-6-2-4-19-3-1-5-22(24(19)23)26(30)32/h1-15H,16H2,(H,29,31). The molecule has 0 radical (unpaired) electrons. The Hall–Kier alpha value is -3.77. The van der Waals surface area contributed by atoms with Gasteiger partial charge in [-0.25, -0.2) is 5.43 Å². The van der Waals surface area contributed by atoms with E-state index in [0.29, 0.717) is 12.1 Å². The third-order valence-corrected chi connectivity index (χ3v) is 5.98. The van der Waals surface area contributed by atoms with Crippen molar-refractivity contribution in [2.24, 2.45) is 5.10 Å². The third kappa shape index (κ3) is 3.81. The van der Waals surface area contributed by atoms with Gasteiger partial charge in [-0.2, -0.15) is 5.10 Å². The normalized spacial score (nSPS) is 12.7. The number of hydrazone groups is 1. The summed E-state index contributed by atoms with van der Waals surface area (Å²) in [4.78, 5) is 27.1. The van der Waals surface area contributed by atoms with Crippen LogP contribution in [0.4, 0.5) is 5.69 Å². The number of hydrogen-bond donors (Lipinski definition) is 1. The predicted octanol–water partition coefficient (Wildman–Crippen LogP) is 5.53. The Bertz CT molecular complexity index is 1360. The molecule has 0 atom stereocenters. The Kier molecular flexibility index (Phi) is 5.29. The zero-order valence-electron chi connectivity index (χ0n) is 17.0. The second-order valence-electron chi connectivity index (χ2n) is 7.52. The molecule has 0 bridgehead atoms. The van der Waals surface area contributed by atoms with E-state index in [9.17, 15) is 9.59 Å². The second kappa shape index (κ2) is 8.40. The molecule has 1 heterocycles. The summed E-state index contributed by atoms with van der Waals surface area (Å²) in [6.45, 7) is 0.441. The maximum atomic E-state index is 13.0. The molecule has 1 N–H and O–H groups in total. The summed E-state index contributed by atoms with van der Waals surface area (Å²) in [5.74, 6) is -0.291. The van der Waals surface area contributed by atoms with Crippen LogP contribution in [0.1, 0.15) is 31.8 Å². The summed E-state index contributed by atoms with van der Waals surface area (Å²) in [6, 6.07) is 26.6. The molecule has 0 spiro atoms. The topological polar surface area (TPSA) is 61.8 Å². The first-order valence-corrected chi connectivity index (χ1v) is 10.9. The van der Waals surface area contributed by atoms with Gasteiger partial charge in [0, 0.05) is 21.0 Å². The summed E-state index contributed by atoms with van der Waals surface area (Å²) in [5.41, 5.74) is 6.53. The molecule has 0 saturated carbocycles. The van der Waals surface area contributed by atoms with Gasteiger partial charge >= 0.3 is 0 Å². The smallest absolute Gasteiger partial charge is 0.271 e. The highest BCUT2D eigenvalue weighted by Gasteiger charge is 2.29. The molecule has 5 rings (SSSR count). The van der Waals surface area contributed by atoms with Crippen molar-refractivity contribution in [2.75, 3.05) is 4.90 Å². The molecule has 4 aromatic rings. The van der Waals surface area contributed by atoms with Crippen molar-refractivity contribution in [2.45, 2.75) is 6.54 Å². The highest BCUT2D eigenvalue weighted by atomic mass is 79.9. The highest BCUT2D eigenvalue weighted by Crippen LogP contribution is 2.37. The first-order chi connectivity index (χ1) is 15.6. The van der Waals surface area contributed by atoms with Crippen molar-refractivity contribution in [3.63, 3.8) is 0 Å². The van der Waals surface area contributed by atoms with Gasteiger partial charge in [0.2, 0.25) is 0 Å². The van der Waals surface area contributed by atoms with Crippen molar-refractivity contribution >= 4 is 50.4 Å². The number of halogens is 1. The van der Waals surface area contributed by atoms with Gasteiger partial charge in [-0.05, 0) is 52.9 Å². The molecule has 6 heteroatoms. The van der Waals surface area contributed by atoms with Gasteiger partial charge in [-0.3, -0.25) is 9.59 Å². The Labute approximate surface area is 193 Å². The highest BCUT2D eigenvalue weighted by molar-refractivity contribution is 9.10. The minimum atomic E-state index is -0.292. The van der Waals surface area contributed by atoms with E-state index in [2.05, 4.69) is 26.5 Å². The largest absolute Gasteiger partial charge is 0.303 e. The van der Waals surface area contributed by atoms with Crippen LogP contribution in [-0.4, -0.2) is 18.0 Å². The third-order valence-electron chi connectivity index (χ3n) is 5.46. The van der Waals surface area contributed by atoms with Gasteiger partial charge in [-0.15, -0.1) is 0 Å². The molecule has 0 unspecified atom stereocenters. The van der Waals surface area contributed by atoms with Crippen LogP contribution in [0.5, 0.6) is 0 Å². The van der Waals surface area contributed by atoms with Crippen LogP contribution < -0.4 is 10.3 Å². The molecule has 1 aliphatic rings. The lowest BCUT2D eigenvalue weighted by molar-refractivity contribution is 0.0953. The molecule has 2 amide bonds. The zero-order valence-corrected chi connectivity index (χ0v) is 18.5. The lowest BCUT2D eigenvalue weighted by Gasteiger charge is -2.18. The number of anilines is 1. The number of nitrogens with zero attached hydrogens (tertiary/aromatic N) is 2. The van der Waals surface area contributed by atoms with Crippen molar-refractivity contribution < 1.29 is 9.59 Å². The lowest BCUT2D eigenvalue weighted by atomic mass is 10.1. The maximum Gasteiger partial charge on any atom is 0.271 e. The minimum absolute atomic E-state index is 0.000832. The van der Waals surface area contributed by atoms with Crippen LogP contribution >= 0.6 is 15.9 Å². The van der Waals surface area contributed by atoms with Crippen LogP contribution in [0.2, 0.25) is 0 Å². The fraction of sp³-hybridized carbons (Fsp3) is 0.0385. The van der Waals surface area contributed by atoms with E-state index in [4.69, 9.17) is 0 Å². The van der Waals surface area contributed by atoms with Crippen molar-refractivity contribution in [1.82, 2.24) is 5.43 Å². The van der Waals surface area contributed by atoms with E-state index in [0.717, 1.165) is 37.6 Å². The summed E-state index contributed by atoms with van der Waals surface area (Å²) >= 11 is 3.38. The fourth-order valence-corrected chi connectivity index (χ4v) is 4.12. The molecule has 0 aromatic heterocycles. The van der Waals surface area contributed by atoms with Crippen LogP contribution in [0.25, 0.3) is 10.8 Å². The van der Waals surface area contributed by atoms with Crippen molar-refractivity contribution in [3.05, 3.63) is 112 Å². The lowest BCUT2D eigenvalue weighted by Crippen LogP contribution is -2.26. The number of carbonyl (C=O) groups excluding carboxylic acids is 2. The van der Waals surface area contributed by atoms with E-state index < -0.39 is 0 Å². The quantitative estimate of drug-likeness (QED) is 0.299. The molecule has 32 heavy (non-hydrogen) atoms. The number of amides is 2. The zero-order chi connectivity index (χ0) is 22.1. The van der Waals surface area contributed by atoms with Crippen LogP contribution in [0, 0.1) is 0 Å². The van der Waals surface area contributed by atoms with E-state index in [1.165, 1.54) is 0 Å². The number of carbonyl (C=O) groups is 2. The molecule has 0 aliphatic carbocycles. The molecule has 4 aromatic carbocycles. The first-order valence-electron chi connectivity index (χ1n) is 10.1. The number of benzene rings is 4. The predicted molar refractivity (Wildman–Crippen MR) is 130 cm³/mol. The number of nitrogens with one attached hydrogen (secondary N) is 1. The second-order valence-corrected chi connectivity index (χ2v) is 8.44. The van der Waals surface area contributed by atoms with E-state index >= 15 is 0 Å². The first kappa shape index (κ1) is 20.2. The van der Waals surface area contributed by atoms with Gasteiger partial charge in [-0.1, -0.05) is 64.5 Å². The molecule has 5 nitrogen and oxygen atoms in total. The Morgan fingerprint density at radius 2 is 1.66 bits per heavy atom.